The molecule has 0 aliphatic rings. The van der Waals surface area contributed by atoms with E-state index in [1.54, 1.807) is 6.92 Å². The monoisotopic (exact) mass is 186 g/mol. The van der Waals surface area contributed by atoms with E-state index in [0.29, 0.717) is 18.9 Å². The van der Waals surface area contributed by atoms with Gasteiger partial charge < -0.3 is 9.84 Å². The van der Waals surface area contributed by atoms with Gasteiger partial charge in [-0.15, -0.1) is 0 Å². The highest BCUT2D eigenvalue weighted by molar-refractivity contribution is 5.82. The fourth-order valence-corrected chi connectivity index (χ4v) is 0.880. The number of rotatable bonds is 5. The van der Waals surface area contributed by atoms with Gasteiger partial charge in [0, 0.05) is 6.42 Å². The molecule has 0 aromatic heterocycles. The molecule has 0 fully saturated rings. The third-order valence-electron chi connectivity index (χ3n) is 1.83. The van der Waals surface area contributed by atoms with Gasteiger partial charge >= 0.3 is 5.97 Å². The van der Waals surface area contributed by atoms with E-state index >= 15 is 0 Å². The third kappa shape index (κ3) is 6.20. The molecule has 0 spiro atoms. The molecule has 0 aliphatic carbocycles. The van der Waals surface area contributed by atoms with E-state index in [2.05, 4.69) is 4.74 Å². The molecular weight excluding hydrogens is 168 g/mol. The molecule has 13 heavy (non-hydrogen) atoms. The highest BCUT2D eigenvalue weighted by Gasteiger charge is 2.04. The van der Waals surface area contributed by atoms with E-state index in [-0.39, 0.29) is 5.76 Å². The molecule has 0 saturated heterocycles. The molecule has 0 saturated carbocycles. The fourth-order valence-electron chi connectivity index (χ4n) is 0.880. The number of aliphatic hydroxyl groups is 1. The molecule has 0 heterocycles. The molecule has 0 bridgehead atoms. The van der Waals surface area contributed by atoms with Crippen LogP contribution in [-0.2, 0) is 9.53 Å². The molecular formula is C10H18O3. The average molecular weight is 186 g/mol. The van der Waals surface area contributed by atoms with Crippen LogP contribution in [0.1, 0.15) is 33.6 Å². The van der Waals surface area contributed by atoms with Gasteiger partial charge in [-0.2, -0.15) is 0 Å². The van der Waals surface area contributed by atoms with Gasteiger partial charge in [0.2, 0.25) is 0 Å². The van der Waals surface area contributed by atoms with Crippen LogP contribution in [0.3, 0.4) is 0 Å². The quantitative estimate of drug-likeness (QED) is 0.407. The summed E-state index contributed by atoms with van der Waals surface area (Å²) >= 11 is 0. The van der Waals surface area contributed by atoms with Crippen molar-refractivity contribution in [2.45, 2.75) is 33.6 Å². The number of carbonyl (C=O) groups excluding carboxylic acids is 1. The minimum absolute atomic E-state index is 0.104. The van der Waals surface area contributed by atoms with Gasteiger partial charge in [-0.05, 0) is 12.8 Å². The lowest BCUT2D eigenvalue weighted by Crippen LogP contribution is -2.03. The van der Waals surface area contributed by atoms with Crippen LogP contribution in [-0.4, -0.2) is 17.7 Å². The summed E-state index contributed by atoms with van der Waals surface area (Å²) in [4.78, 5) is 10.9. The van der Waals surface area contributed by atoms with Gasteiger partial charge in [0.25, 0.3) is 0 Å². The molecule has 76 valence electrons. The molecule has 0 aromatic carbocycles. The second-order valence-corrected chi connectivity index (χ2v) is 3.11. The van der Waals surface area contributed by atoms with Crippen LogP contribution in [0.2, 0.25) is 0 Å². The smallest absolute Gasteiger partial charge is 0.334 e. The molecule has 3 nitrogen and oxygen atoms in total. The largest absolute Gasteiger partial charge is 0.512 e. The maximum atomic E-state index is 10.9. The number of allylic oxidation sites excluding steroid dienone is 1. The second-order valence-electron chi connectivity index (χ2n) is 3.11. The first-order valence-electron chi connectivity index (χ1n) is 4.66. The molecule has 0 aromatic rings. The summed E-state index contributed by atoms with van der Waals surface area (Å²) in [7, 11) is 0. The summed E-state index contributed by atoms with van der Waals surface area (Å²) in [6.45, 7) is 6.14. The molecule has 1 atom stereocenters. The zero-order valence-electron chi connectivity index (χ0n) is 8.54. The van der Waals surface area contributed by atoms with Gasteiger partial charge in [0.1, 0.15) is 0 Å². The topological polar surface area (TPSA) is 46.5 Å². The first kappa shape index (κ1) is 12.0. The lowest BCUT2D eigenvalue weighted by molar-refractivity contribution is -0.137. The summed E-state index contributed by atoms with van der Waals surface area (Å²) < 4.78 is 4.65. The van der Waals surface area contributed by atoms with E-state index < -0.39 is 5.97 Å². The highest BCUT2D eigenvalue weighted by atomic mass is 16.5. The van der Waals surface area contributed by atoms with Crippen molar-refractivity contribution in [3.8, 4) is 0 Å². The summed E-state index contributed by atoms with van der Waals surface area (Å²) in [5.41, 5.74) is 0. The van der Waals surface area contributed by atoms with Crippen LogP contribution in [0.25, 0.3) is 0 Å². The summed E-state index contributed by atoms with van der Waals surface area (Å²) in [5.74, 6) is 0.0294. The Morgan fingerprint density at radius 2 is 2.15 bits per heavy atom. The van der Waals surface area contributed by atoms with Crippen molar-refractivity contribution < 1.29 is 14.6 Å². The van der Waals surface area contributed by atoms with Gasteiger partial charge in [0.05, 0.1) is 18.4 Å². The van der Waals surface area contributed by atoms with Crippen LogP contribution < -0.4 is 0 Å². The molecule has 0 amide bonds. The van der Waals surface area contributed by atoms with Crippen LogP contribution in [0.5, 0.6) is 0 Å². The Kier molecular flexibility index (Phi) is 6.02. The lowest BCUT2D eigenvalue weighted by atomic mass is 10.0. The Labute approximate surface area is 79.4 Å². The van der Waals surface area contributed by atoms with Crippen LogP contribution >= 0.6 is 0 Å². The molecule has 1 unspecified atom stereocenters. The predicted octanol–water partition coefficient (Wildman–Crippen LogP) is 2.43. The molecule has 3 heteroatoms. The average Bonchev–Trinajstić information content (AvgIpc) is 2.04. The van der Waals surface area contributed by atoms with Gasteiger partial charge in [0.15, 0.2) is 0 Å². The van der Waals surface area contributed by atoms with E-state index in [1.165, 1.54) is 0 Å². The number of ether oxygens (including phenoxy) is 1. The van der Waals surface area contributed by atoms with E-state index in [0.717, 1.165) is 12.5 Å². The number of carbonyl (C=O) groups is 1. The summed E-state index contributed by atoms with van der Waals surface area (Å²) in [6.07, 6.45) is 2.67. The van der Waals surface area contributed by atoms with E-state index in [9.17, 15) is 9.90 Å². The van der Waals surface area contributed by atoms with Gasteiger partial charge in [-0.25, -0.2) is 4.79 Å². The maximum absolute atomic E-state index is 10.9. The van der Waals surface area contributed by atoms with Crippen molar-refractivity contribution in [3.63, 3.8) is 0 Å². The van der Waals surface area contributed by atoms with Gasteiger partial charge in [-0.1, -0.05) is 20.3 Å². The molecule has 0 aliphatic heterocycles. The number of esters is 1. The zero-order valence-corrected chi connectivity index (χ0v) is 8.54. The minimum atomic E-state index is -0.469. The predicted molar refractivity (Wildman–Crippen MR) is 51.4 cm³/mol. The number of aliphatic hydroxyl groups excluding tert-OH is 1. The normalized spacial score (nSPS) is 13.9. The Hall–Kier alpha value is -0.990. The van der Waals surface area contributed by atoms with Crippen molar-refractivity contribution in [2.75, 3.05) is 6.61 Å². The van der Waals surface area contributed by atoms with Crippen molar-refractivity contribution in [3.05, 3.63) is 11.8 Å². The number of hydrogen-bond acceptors (Lipinski definition) is 3. The Morgan fingerprint density at radius 1 is 1.54 bits per heavy atom. The van der Waals surface area contributed by atoms with E-state index in [1.807, 2.05) is 13.8 Å². The van der Waals surface area contributed by atoms with Crippen molar-refractivity contribution in [1.29, 1.82) is 0 Å². The zero-order chi connectivity index (χ0) is 10.3. The fraction of sp³-hybridized carbons (Fsp3) is 0.700. The van der Waals surface area contributed by atoms with Crippen LogP contribution in [0, 0.1) is 5.92 Å². The highest BCUT2D eigenvalue weighted by Crippen LogP contribution is 2.11. The van der Waals surface area contributed by atoms with Crippen LogP contribution in [0.15, 0.2) is 11.8 Å². The first-order chi connectivity index (χ1) is 6.10. The standard InChI is InChI=1S/C10H18O3/c1-4-8(3)6-9(11)7-10(12)13-5-2/h7-8,11H,4-6H2,1-3H3. The SMILES string of the molecule is CCOC(=O)C=C(O)CC(C)CC. The molecule has 1 N–H and O–H groups in total. The second kappa shape index (κ2) is 6.52. The summed E-state index contributed by atoms with van der Waals surface area (Å²) in [6, 6.07) is 0. The van der Waals surface area contributed by atoms with Crippen LogP contribution in [0.4, 0.5) is 0 Å². The van der Waals surface area contributed by atoms with Crippen molar-refractivity contribution in [1.82, 2.24) is 0 Å². The lowest BCUT2D eigenvalue weighted by Gasteiger charge is -2.06. The third-order valence-corrected chi connectivity index (χ3v) is 1.83. The van der Waals surface area contributed by atoms with Crippen molar-refractivity contribution >= 4 is 5.97 Å². The van der Waals surface area contributed by atoms with Crippen molar-refractivity contribution in [2.24, 2.45) is 5.92 Å². The number of hydrogen-bond donors (Lipinski definition) is 1. The van der Waals surface area contributed by atoms with E-state index in [4.69, 9.17) is 0 Å². The Morgan fingerprint density at radius 3 is 2.62 bits per heavy atom. The molecule has 0 radical (unpaired) electrons. The maximum Gasteiger partial charge on any atom is 0.334 e. The Bertz CT molecular complexity index is 185. The van der Waals surface area contributed by atoms with Gasteiger partial charge in [-0.3, -0.25) is 0 Å². The first-order valence-corrected chi connectivity index (χ1v) is 4.66. The summed E-state index contributed by atoms with van der Waals surface area (Å²) in [5, 5.41) is 9.31. The Balaban J connectivity index is 3.93. The molecule has 0 rings (SSSR count). The minimum Gasteiger partial charge on any atom is -0.512 e.